The highest BCUT2D eigenvalue weighted by atomic mass is 35.5. The maximum Gasteiger partial charge on any atom is 0.240 e. The maximum atomic E-state index is 11.7. The molecule has 1 rings (SSSR count). The van der Waals surface area contributed by atoms with Crippen LogP contribution in [0.4, 0.5) is 0 Å². The third kappa shape index (κ3) is 4.36. The Balaban J connectivity index is 0.00000196. The molecule has 0 spiro atoms. The molecule has 1 amide bonds. The van der Waals surface area contributed by atoms with Crippen molar-refractivity contribution in [1.29, 1.82) is 0 Å². The van der Waals surface area contributed by atoms with Crippen LogP contribution in [0, 0.1) is 0 Å². The van der Waals surface area contributed by atoms with Crippen LogP contribution in [0.1, 0.15) is 33.1 Å². The number of hydrogen-bond donors (Lipinski definition) is 2. The monoisotopic (exact) mass is 236 g/mol. The van der Waals surface area contributed by atoms with Crippen molar-refractivity contribution in [3.63, 3.8) is 0 Å². The number of rotatable bonds is 4. The summed E-state index contributed by atoms with van der Waals surface area (Å²) in [5.74, 6) is -0.0603. The molecular weight excluding hydrogens is 216 g/mol. The summed E-state index contributed by atoms with van der Waals surface area (Å²) in [5, 5.41) is 2.92. The van der Waals surface area contributed by atoms with E-state index < -0.39 is 5.54 Å². The summed E-state index contributed by atoms with van der Waals surface area (Å²) in [4.78, 5) is 11.7. The molecule has 0 bridgehead atoms. The van der Waals surface area contributed by atoms with Crippen molar-refractivity contribution in [1.82, 2.24) is 5.32 Å². The molecule has 2 atom stereocenters. The van der Waals surface area contributed by atoms with Crippen LogP contribution in [0.15, 0.2) is 0 Å². The van der Waals surface area contributed by atoms with Crippen LogP contribution in [0.5, 0.6) is 0 Å². The predicted molar refractivity (Wildman–Crippen MR) is 62.1 cm³/mol. The minimum absolute atomic E-state index is 0. The van der Waals surface area contributed by atoms with Gasteiger partial charge in [0.1, 0.15) is 0 Å². The van der Waals surface area contributed by atoms with Gasteiger partial charge in [-0.1, -0.05) is 13.3 Å². The number of ether oxygens (including phenoxy) is 1. The predicted octanol–water partition coefficient (Wildman–Crippen LogP) is 0.831. The lowest BCUT2D eigenvalue weighted by molar-refractivity contribution is -0.126. The molecule has 0 radical (unpaired) electrons. The Morgan fingerprint density at radius 3 is 2.80 bits per heavy atom. The zero-order valence-corrected chi connectivity index (χ0v) is 10.2. The topological polar surface area (TPSA) is 64.4 Å². The Bertz CT molecular complexity index is 204. The van der Waals surface area contributed by atoms with Gasteiger partial charge >= 0.3 is 0 Å². The van der Waals surface area contributed by atoms with E-state index >= 15 is 0 Å². The number of nitrogens with one attached hydrogen (secondary N) is 1. The molecule has 1 saturated heterocycles. The van der Waals surface area contributed by atoms with E-state index in [1.807, 2.05) is 6.92 Å². The molecule has 1 heterocycles. The lowest BCUT2D eigenvalue weighted by Gasteiger charge is -2.24. The van der Waals surface area contributed by atoms with E-state index in [4.69, 9.17) is 10.5 Å². The molecule has 1 aliphatic rings. The Hall–Kier alpha value is -0.320. The summed E-state index contributed by atoms with van der Waals surface area (Å²) in [6.45, 7) is 5.16. The van der Waals surface area contributed by atoms with Gasteiger partial charge in [0, 0.05) is 6.61 Å². The highest BCUT2D eigenvalue weighted by Crippen LogP contribution is 2.11. The molecule has 0 aromatic rings. The molecule has 3 N–H and O–H groups in total. The molecule has 2 unspecified atom stereocenters. The summed E-state index contributed by atoms with van der Waals surface area (Å²) >= 11 is 0. The molecule has 0 saturated carbocycles. The van der Waals surface area contributed by atoms with Crippen molar-refractivity contribution in [2.45, 2.75) is 44.7 Å². The van der Waals surface area contributed by atoms with Crippen LogP contribution in [0.3, 0.4) is 0 Å². The van der Waals surface area contributed by atoms with Gasteiger partial charge in [0.2, 0.25) is 5.91 Å². The number of carbonyl (C=O) groups is 1. The molecule has 0 aliphatic carbocycles. The van der Waals surface area contributed by atoms with Crippen molar-refractivity contribution in [3.8, 4) is 0 Å². The normalized spacial score (nSPS) is 24.1. The van der Waals surface area contributed by atoms with E-state index in [1.54, 1.807) is 6.92 Å². The molecule has 0 aromatic heterocycles. The van der Waals surface area contributed by atoms with Gasteiger partial charge in [-0.2, -0.15) is 0 Å². The van der Waals surface area contributed by atoms with Gasteiger partial charge in [-0.3, -0.25) is 4.79 Å². The standard InChI is InChI=1S/C10H20N2O2.ClH/c1-3-5-10(2,11)9(13)12-8-4-6-14-7-8;/h8H,3-7,11H2,1-2H3,(H,12,13);1H. The second kappa shape index (κ2) is 6.30. The van der Waals surface area contributed by atoms with Crippen molar-refractivity contribution < 1.29 is 9.53 Å². The van der Waals surface area contributed by atoms with Crippen LogP contribution in [0.25, 0.3) is 0 Å². The van der Waals surface area contributed by atoms with E-state index in [9.17, 15) is 4.79 Å². The number of halogens is 1. The fourth-order valence-corrected chi connectivity index (χ4v) is 1.63. The first-order chi connectivity index (χ1) is 6.56. The van der Waals surface area contributed by atoms with Crippen LogP contribution in [-0.4, -0.2) is 30.7 Å². The number of carbonyl (C=O) groups excluding carboxylic acids is 1. The van der Waals surface area contributed by atoms with Crippen LogP contribution < -0.4 is 11.1 Å². The Kier molecular flexibility index (Phi) is 6.17. The fraction of sp³-hybridized carbons (Fsp3) is 0.900. The molecule has 5 heteroatoms. The Labute approximate surface area is 97.3 Å². The van der Waals surface area contributed by atoms with Gasteiger partial charge in [0.25, 0.3) is 0 Å². The van der Waals surface area contributed by atoms with Crippen LogP contribution in [-0.2, 0) is 9.53 Å². The van der Waals surface area contributed by atoms with Crippen LogP contribution in [0.2, 0.25) is 0 Å². The third-order valence-electron chi connectivity index (χ3n) is 2.55. The summed E-state index contributed by atoms with van der Waals surface area (Å²) in [6, 6.07) is 0.155. The first-order valence-electron chi connectivity index (χ1n) is 5.24. The zero-order chi connectivity index (χ0) is 10.6. The molecule has 0 aromatic carbocycles. The molecular formula is C10H21ClN2O2. The van der Waals surface area contributed by atoms with Gasteiger partial charge in [0.05, 0.1) is 18.2 Å². The zero-order valence-electron chi connectivity index (χ0n) is 9.41. The van der Waals surface area contributed by atoms with Crippen molar-refractivity contribution in [2.75, 3.05) is 13.2 Å². The van der Waals surface area contributed by atoms with Gasteiger partial charge < -0.3 is 15.8 Å². The lowest BCUT2D eigenvalue weighted by Crippen LogP contribution is -2.54. The number of amides is 1. The maximum absolute atomic E-state index is 11.7. The van der Waals surface area contributed by atoms with Crippen molar-refractivity contribution in [2.24, 2.45) is 5.73 Å². The molecule has 90 valence electrons. The summed E-state index contributed by atoms with van der Waals surface area (Å²) in [6.07, 6.45) is 2.53. The van der Waals surface area contributed by atoms with E-state index in [-0.39, 0.29) is 24.4 Å². The van der Waals surface area contributed by atoms with E-state index in [0.29, 0.717) is 13.0 Å². The van der Waals surface area contributed by atoms with Crippen molar-refractivity contribution in [3.05, 3.63) is 0 Å². The number of hydrogen-bond acceptors (Lipinski definition) is 3. The second-order valence-electron chi connectivity index (χ2n) is 4.20. The summed E-state index contributed by atoms with van der Waals surface area (Å²) < 4.78 is 5.18. The summed E-state index contributed by atoms with van der Waals surface area (Å²) in [5.41, 5.74) is 5.16. The van der Waals surface area contributed by atoms with Gasteiger partial charge in [-0.15, -0.1) is 12.4 Å². The summed E-state index contributed by atoms with van der Waals surface area (Å²) in [7, 11) is 0. The van der Waals surface area contributed by atoms with Gasteiger partial charge in [-0.05, 0) is 19.8 Å². The Morgan fingerprint density at radius 1 is 1.67 bits per heavy atom. The first-order valence-corrected chi connectivity index (χ1v) is 5.24. The van der Waals surface area contributed by atoms with E-state index in [0.717, 1.165) is 19.4 Å². The van der Waals surface area contributed by atoms with Crippen LogP contribution >= 0.6 is 12.4 Å². The second-order valence-corrected chi connectivity index (χ2v) is 4.20. The molecule has 1 aliphatic heterocycles. The van der Waals surface area contributed by atoms with E-state index in [1.165, 1.54) is 0 Å². The third-order valence-corrected chi connectivity index (χ3v) is 2.55. The molecule has 15 heavy (non-hydrogen) atoms. The minimum atomic E-state index is -0.739. The smallest absolute Gasteiger partial charge is 0.240 e. The quantitative estimate of drug-likeness (QED) is 0.760. The van der Waals surface area contributed by atoms with Crippen molar-refractivity contribution >= 4 is 18.3 Å². The fourth-order valence-electron chi connectivity index (χ4n) is 1.63. The minimum Gasteiger partial charge on any atom is -0.379 e. The molecule has 1 fully saturated rings. The van der Waals surface area contributed by atoms with E-state index in [2.05, 4.69) is 5.32 Å². The van der Waals surface area contributed by atoms with Gasteiger partial charge in [0.15, 0.2) is 0 Å². The van der Waals surface area contributed by atoms with Gasteiger partial charge in [-0.25, -0.2) is 0 Å². The highest BCUT2D eigenvalue weighted by Gasteiger charge is 2.29. The average molecular weight is 237 g/mol. The highest BCUT2D eigenvalue weighted by molar-refractivity contribution is 5.86. The molecule has 4 nitrogen and oxygen atoms in total. The SMILES string of the molecule is CCCC(C)(N)C(=O)NC1CCOC1.Cl. The number of nitrogens with two attached hydrogens (primary N) is 1. The largest absolute Gasteiger partial charge is 0.379 e. The average Bonchev–Trinajstić information content (AvgIpc) is 2.56. The lowest BCUT2D eigenvalue weighted by atomic mass is 9.96. The Morgan fingerprint density at radius 2 is 2.33 bits per heavy atom. The first kappa shape index (κ1) is 14.7.